The van der Waals surface area contributed by atoms with Crippen molar-refractivity contribution < 1.29 is 0 Å². The largest absolute Gasteiger partial charge is 0.315 e. The Morgan fingerprint density at radius 3 is 2.56 bits per heavy atom. The zero-order valence-electron chi connectivity index (χ0n) is 10.6. The van der Waals surface area contributed by atoms with Crippen LogP contribution in [0.2, 0.25) is 0 Å². The van der Waals surface area contributed by atoms with E-state index in [-0.39, 0.29) is 0 Å². The lowest BCUT2D eigenvalue weighted by Crippen LogP contribution is -2.34. The van der Waals surface area contributed by atoms with E-state index < -0.39 is 0 Å². The molecular weight excluding hydrogens is 198 g/mol. The molecule has 16 heavy (non-hydrogen) atoms. The lowest BCUT2D eigenvalue weighted by molar-refractivity contribution is 0.274. The fourth-order valence-corrected chi connectivity index (χ4v) is 1.42. The predicted octanol–water partition coefficient (Wildman–Crippen LogP) is 1.55. The van der Waals surface area contributed by atoms with Crippen LogP contribution in [0.4, 0.5) is 0 Å². The number of nitrogens with zero attached hydrogens (tertiary/aromatic N) is 2. The molecule has 0 saturated heterocycles. The summed E-state index contributed by atoms with van der Waals surface area (Å²) in [7, 11) is 2.16. The molecule has 1 heterocycles. The second-order valence-corrected chi connectivity index (χ2v) is 4.43. The van der Waals surface area contributed by atoms with Crippen LogP contribution in [0.5, 0.6) is 0 Å². The van der Waals surface area contributed by atoms with Gasteiger partial charge in [-0.15, -0.1) is 0 Å². The minimum absolute atomic E-state index is 0.627. The first-order valence-corrected chi connectivity index (χ1v) is 6.00. The molecule has 1 aromatic heterocycles. The minimum atomic E-state index is 0.627. The number of pyridine rings is 1. The van der Waals surface area contributed by atoms with E-state index >= 15 is 0 Å². The molecular formula is C13H23N3. The highest BCUT2D eigenvalue weighted by Crippen LogP contribution is 1.96. The molecule has 0 bridgehead atoms. The Morgan fingerprint density at radius 2 is 1.94 bits per heavy atom. The summed E-state index contributed by atoms with van der Waals surface area (Å²) in [5, 5.41) is 3.46. The Morgan fingerprint density at radius 1 is 1.25 bits per heavy atom. The normalized spacial score (nSPS) is 11.3. The maximum absolute atomic E-state index is 4.01. The number of likely N-dealkylation sites (N-methyl/N-ethyl adjacent to an activating group) is 1. The standard InChI is InChI=1S/C13H23N3/c1-12(2)16(3)11-10-15-9-6-13-4-7-14-8-5-13/h4-5,7-8,12,15H,6,9-11H2,1-3H3. The van der Waals surface area contributed by atoms with Crippen LogP contribution in [-0.2, 0) is 6.42 Å². The Labute approximate surface area is 98.9 Å². The van der Waals surface area contributed by atoms with E-state index in [1.54, 1.807) is 0 Å². The summed E-state index contributed by atoms with van der Waals surface area (Å²) in [6.07, 6.45) is 4.78. The lowest BCUT2D eigenvalue weighted by atomic mass is 10.2. The predicted molar refractivity (Wildman–Crippen MR) is 68.6 cm³/mol. The van der Waals surface area contributed by atoms with E-state index in [2.05, 4.69) is 48.2 Å². The zero-order chi connectivity index (χ0) is 11.8. The van der Waals surface area contributed by atoms with E-state index in [0.717, 1.165) is 26.1 Å². The fourth-order valence-electron chi connectivity index (χ4n) is 1.42. The summed E-state index contributed by atoms with van der Waals surface area (Å²) in [6.45, 7) is 7.64. The van der Waals surface area contributed by atoms with Gasteiger partial charge in [-0.05, 0) is 51.6 Å². The van der Waals surface area contributed by atoms with Crippen LogP contribution in [0.15, 0.2) is 24.5 Å². The van der Waals surface area contributed by atoms with Gasteiger partial charge in [0.05, 0.1) is 0 Å². The van der Waals surface area contributed by atoms with Crippen LogP contribution < -0.4 is 5.32 Å². The highest BCUT2D eigenvalue weighted by Gasteiger charge is 2.01. The lowest BCUT2D eigenvalue weighted by Gasteiger charge is -2.20. The summed E-state index contributed by atoms with van der Waals surface area (Å²) < 4.78 is 0. The van der Waals surface area contributed by atoms with Gasteiger partial charge >= 0.3 is 0 Å². The summed E-state index contributed by atoms with van der Waals surface area (Å²) in [6, 6.07) is 4.77. The molecule has 0 aliphatic rings. The molecule has 0 aliphatic carbocycles. The van der Waals surface area contributed by atoms with Crippen molar-refractivity contribution in [3.63, 3.8) is 0 Å². The first-order valence-electron chi connectivity index (χ1n) is 6.00. The van der Waals surface area contributed by atoms with Crippen LogP contribution in [0.25, 0.3) is 0 Å². The minimum Gasteiger partial charge on any atom is -0.315 e. The van der Waals surface area contributed by atoms with Gasteiger partial charge in [0.1, 0.15) is 0 Å². The Hall–Kier alpha value is -0.930. The van der Waals surface area contributed by atoms with Gasteiger partial charge in [-0.1, -0.05) is 0 Å². The molecule has 3 heteroatoms. The third-order valence-corrected chi connectivity index (χ3v) is 2.86. The summed E-state index contributed by atoms with van der Waals surface area (Å²) in [5.41, 5.74) is 1.35. The van der Waals surface area contributed by atoms with Crippen molar-refractivity contribution in [3.05, 3.63) is 30.1 Å². The molecule has 0 atom stereocenters. The monoisotopic (exact) mass is 221 g/mol. The summed E-state index contributed by atoms with van der Waals surface area (Å²) in [5.74, 6) is 0. The van der Waals surface area contributed by atoms with E-state index in [1.807, 2.05) is 12.4 Å². The highest BCUT2D eigenvalue weighted by atomic mass is 15.1. The number of nitrogens with one attached hydrogen (secondary N) is 1. The molecule has 0 fully saturated rings. The smallest absolute Gasteiger partial charge is 0.0270 e. The Balaban J connectivity index is 2.04. The van der Waals surface area contributed by atoms with Crippen molar-refractivity contribution in [3.8, 4) is 0 Å². The van der Waals surface area contributed by atoms with Gasteiger partial charge in [0.15, 0.2) is 0 Å². The van der Waals surface area contributed by atoms with E-state index in [9.17, 15) is 0 Å². The van der Waals surface area contributed by atoms with Crippen molar-refractivity contribution in [2.75, 3.05) is 26.7 Å². The molecule has 3 nitrogen and oxygen atoms in total. The van der Waals surface area contributed by atoms with E-state index in [4.69, 9.17) is 0 Å². The van der Waals surface area contributed by atoms with Gasteiger partial charge in [0.25, 0.3) is 0 Å². The summed E-state index contributed by atoms with van der Waals surface area (Å²) >= 11 is 0. The second kappa shape index (κ2) is 7.36. The molecule has 0 amide bonds. The van der Waals surface area contributed by atoms with Crippen molar-refractivity contribution in [1.29, 1.82) is 0 Å². The van der Waals surface area contributed by atoms with E-state index in [0.29, 0.717) is 6.04 Å². The molecule has 0 radical (unpaired) electrons. The SMILES string of the molecule is CC(C)N(C)CCNCCc1ccncc1. The Bertz CT molecular complexity index is 272. The third kappa shape index (κ3) is 5.24. The molecule has 90 valence electrons. The van der Waals surface area contributed by atoms with Crippen LogP contribution in [0.1, 0.15) is 19.4 Å². The number of aromatic nitrogens is 1. The maximum Gasteiger partial charge on any atom is 0.0270 e. The van der Waals surface area contributed by atoms with Crippen LogP contribution in [-0.4, -0.2) is 42.6 Å². The van der Waals surface area contributed by atoms with Crippen LogP contribution >= 0.6 is 0 Å². The second-order valence-electron chi connectivity index (χ2n) is 4.43. The van der Waals surface area contributed by atoms with Gasteiger partial charge in [0, 0.05) is 31.5 Å². The van der Waals surface area contributed by atoms with Crippen LogP contribution in [0, 0.1) is 0 Å². The topological polar surface area (TPSA) is 28.2 Å². The van der Waals surface area contributed by atoms with Gasteiger partial charge in [-0.3, -0.25) is 4.98 Å². The quantitative estimate of drug-likeness (QED) is 0.708. The first-order chi connectivity index (χ1) is 7.70. The molecule has 1 aromatic rings. The number of hydrogen-bond donors (Lipinski definition) is 1. The van der Waals surface area contributed by atoms with Gasteiger partial charge in [0.2, 0.25) is 0 Å². The molecule has 0 unspecified atom stereocenters. The molecule has 0 spiro atoms. The van der Waals surface area contributed by atoms with Crippen molar-refractivity contribution in [2.24, 2.45) is 0 Å². The summed E-state index contributed by atoms with van der Waals surface area (Å²) in [4.78, 5) is 6.35. The van der Waals surface area contributed by atoms with Gasteiger partial charge in [-0.25, -0.2) is 0 Å². The van der Waals surface area contributed by atoms with Crippen molar-refractivity contribution in [1.82, 2.24) is 15.2 Å². The van der Waals surface area contributed by atoms with Crippen molar-refractivity contribution >= 4 is 0 Å². The molecule has 1 N–H and O–H groups in total. The van der Waals surface area contributed by atoms with Gasteiger partial charge in [-0.2, -0.15) is 0 Å². The van der Waals surface area contributed by atoms with Gasteiger partial charge < -0.3 is 10.2 Å². The number of hydrogen-bond acceptors (Lipinski definition) is 3. The molecule has 0 aliphatic heterocycles. The average molecular weight is 221 g/mol. The zero-order valence-corrected chi connectivity index (χ0v) is 10.6. The van der Waals surface area contributed by atoms with E-state index in [1.165, 1.54) is 5.56 Å². The first kappa shape index (κ1) is 13.1. The average Bonchev–Trinajstić information content (AvgIpc) is 2.29. The number of rotatable bonds is 7. The third-order valence-electron chi connectivity index (χ3n) is 2.86. The Kier molecular flexibility index (Phi) is 6.04. The highest BCUT2D eigenvalue weighted by molar-refractivity contribution is 5.09. The molecule has 0 saturated carbocycles. The molecule has 1 rings (SSSR count). The van der Waals surface area contributed by atoms with Crippen molar-refractivity contribution in [2.45, 2.75) is 26.3 Å². The molecule has 0 aromatic carbocycles. The van der Waals surface area contributed by atoms with Crippen LogP contribution in [0.3, 0.4) is 0 Å². The fraction of sp³-hybridized carbons (Fsp3) is 0.615. The maximum atomic E-state index is 4.01.